The minimum atomic E-state index is -0.752. The number of allylic oxidation sites excluding steroid dienone is 3. The number of Topliss-reactive ketones (excluding diaryl/α,β-unsaturated/α-hetero) is 1. The van der Waals surface area contributed by atoms with E-state index >= 15 is 0 Å². The Bertz CT molecular complexity index is 980. The molecule has 0 bridgehead atoms. The number of hydrogen-bond acceptors (Lipinski definition) is 7. The normalized spacial score (nSPS) is 40.1. The van der Waals surface area contributed by atoms with Gasteiger partial charge in [-0.15, -0.1) is 0 Å². The summed E-state index contributed by atoms with van der Waals surface area (Å²) < 4.78 is 18.2. The van der Waals surface area contributed by atoms with E-state index < -0.39 is 17.8 Å². The average Bonchev–Trinajstić information content (AvgIpc) is 3.64. The first-order valence-corrected chi connectivity index (χ1v) is 15.2. The van der Waals surface area contributed by atoms with Crippen LogP contribution in [-0.2, 0) is 23.8 Å². The van der Waals surface area contributed by atoms with Crippen molar-refractivity contribution < 1.29 is 28.9 Å². The molecule has 40 heavy (non-hydrogen) atoms. The van der Waals surface area contributed by atoms with Gasteiger partial charge in [0.2, 0.25) is 5.91 Å². The van der Waals surface area contributed by atoms with Gasteiger partial charge in [0.1, 0.15) is 23.6 Å². The second-order valence-electron chi connectivity index (χ2n) is 13.1. The lowest BCUT2D eigenvalue weighted by molar-refractivity contribution is -0.145. The molecule has 0 aromatic rings. The molecule has 4 fully saturated rings. The highest BCUT2D eigenvalue weighted by atomic mass is 16.6. The highest BCUT2D eigenvalue weighted by Crippen LogP contribution is 2.43. The van der Waals surface area contributed by atoms with E-state index in [0.29, 0.717) is 43.6 Å². The third kappa shape index (κ3) is 8.35. The fourth-order valence-electron chi connectivity index (χ4n) is 6.26. The molecule has 0 unspecified atom stereocenters. The molecule has 3 heterocycles. The van der Waals surface area contributed by atoms with Gasteiger partial charge in [-0.05, 0) is 63.4 Å². The van der Waals surface area contributed by atoms with Gasteiger partial charge in [-0.1, -0.05) is 50.6 Å². The molecule has 0 radical (unpaired) electrons. The lowest BCUT2D eigenvalue weighted by Crippen LogP contribution is -2.50. The number of carbonyl (C=O) groups excluding carboxylic acids is 2. The van der Waals surface area contributed by atoms with Crippen molar-refractivity contribution in [2.75, 3.05) is 6.61 Å². The number of amides is 1. The second kappa shape index (κ2) is 13.4. The molecular formula is C32H50N2O6. The molecule has 0 aromatic heterocycles. The zero-order valence-electron chi connectivity index (χ0n) is 24.9. The maximum absolute atomic E-state index is 12.6. The van der Waals surface area contributed by atoms with Crippen molar-refractivity contribution >= 4 is 11.7 Å². The molecule has 8 nitrogen and oxygen atoms in total. The van der Waals surface area contributed by atoms with Crippen LogP contribution in [0.5, 0.6) is 0 Å². The van der Waals surface area contributed by atoms with Crippen LogP contribution in [-0.4, -0.2) is 71.6 Å². The molecule has 8 atom stereocenters. The fourth-order valence-corrected chi connectivity index (χ4v) is 6.26. The zero-order valence-corrected chi connectivity index (χ0v) is 24.9. The Balaban J connectivity index is 1.26. The largest absolute Gasteiger partial charge is 0.387 e. The molecule has 1 amide bonds. The quantitative estimate of drug-likeness (QED) is 0.200. The van der Waals surface area contributed by atoms with E-state index in [-0.39, 0.29) is 42.1 Å². The van der Waals surface area contributed by atoms with Crippen LogP contribution >= 0.6 is 0 Å². The summed E-state index contributed by atoms with van der Waals surface area (Å²) in [4.78, 5) is 24.9. The molecule has 3 saturated heterocycles. The number of hydrogen-bond donors (Lipinski definition) is 3. The number of aliphatic hydroxyl groups is 1. The summed E-state index contributed by atoms with van der Waals surface area (Å²) >= 11 is 0. The highest BCUT2D eigenvalue weighted by molar-refractivity contribution is 5.87. The molecule has 4 aliphatic rings. The summed E-state index contributed by atoms with van der Waals surface area (Å²) in [7, 11) is 0. The lowest BCUT2D eigenvalue weighted by Gasteiger charge is -2.39. The van der Waals surface area contributed by atoms with Crippen molar-refractivity contribution in [2.45, 2.75) is 128 Å². The van der Waals surface area contributed by atoms with Gasteiger partial charge < -0.3 is 30.4 Å². The first kappa shape index (κ1) is 31.1. The van der Waals surface area contributed by atoms with E-state index in [1.807, 2.05) is 45.9 Å². The number of epoxide rings is 1. The molecule has 1 aliphatic carbocycles. The van der Waals surface area contributed by atoms with E-state index in [9.17, 15) is 14.7 Å². The first-order valence-electron chi connectivity index (χ1n) is 15.2. The van der Waals surface area contributed by atoms with Gasteiger partial charge in [0.15, 0.2) is 0 Å². The van der Waals surface area contributed by atoms with Gasteiger partial charge in [0.05, 0.1) is 31.0 Å². The minimum Gasteiger partial charge on any atom is -0.387 e. The van der Waals surface area contributed by atoms with Crippen LogP contribution in [0, 0.1) is 17.8 Å². The topological polar surface area (TPSA) is 123 Å². The summed E-state index contributed by atoms with van der Waals surface area (Å²) in [5, 5.41) is 14.0. The smallest absolute Gasteiger partial charge is 0.243 e. The van der Waals surface area contributed by atoms with Gasteiger partial charge in [-0.3, -0.25) is 9.59 Å². The number of aliphatic hydroxyl groups excluding tert-OH is 1. The van der Waals surface area contributed by atoms with Crippen LogP contribution in [0.15, 0.2) is 36.0 Å². The summed E-state index contributed by atoms with van der Waals surface area (Å²) in [6.45, 7) is 10.8. The lowest BCUT2D eigenvalue weighted by atomic mass is 9.77. The Morgan fingerprint density at radius 3 is 2.50 bits per heavy atom. The first-order chi connectivity index (χ1) is 18.9. The Kier molecular flexibility index (Phi) is 10.4. The highest BCUT2D eigenvalue weighted by Gasteiger charge is 2.58. The van der Waals surface area contributed by atoms with Crippen LogP contribution in [0.4, 0.5) is 0 Å². The molecule has 8 heteroatoms. The second-order valence-corrected chi connectivity index (χ2v) is 13.1. The number of rotatable bonds is 11. The minimum absolute atomic E-state index is 0.00596. The standard InChI is InChI=1S/C32H50N2O6/c1-19(2)6-11-30(36)34-27-12-21(4)28(39-22(27)5)9-7-20(3)8-10-29-31(37)32(18-38-32)17-26(40-29)16-25(35)15-23-13-24(33)14-23/h6-8,10-11,19,21-24,26-29,31,37H,9,12-18,33H2,1-5H3,(H,34,36)/b10-8+,11-6-,20-7+/t21-,22+,23?,24?,26+,27+,28-,29+,31+,32+/m0/s1. The molecule has 0 aromatic carbocycles. The number of ketones is 1. The van der Waals surface area contributed by atoms with Crippen molar-refractivity contribution in [1.82, 2.24) is 5.32 Å². The predicted octanol–water partition coefficient (Wildman–Crippen LogP) is 3.76. The van der Waals surface area contributed by atoms with Crippen LogP contribution < -0.4 is 11.1 Å². The third-order valence-corrected chi connectivity index (χ3v) is 8.93. The molecule has 4 rings (SSSR count). The summed E-state index contributed by atoms with van der Waals surface area (Å²) in [6, 6.07) is 0.235. The number of ether oxygens (including phenoxy) is 3. The number of nitrogens with one attached hydrogen (secondary N) is 1. The van der Waals surface area contributed by atoms with Gasteiger partial charge in [-0.25, -0.2) is 0 Å². The average molecular weight is 559 g/mol. The number of carbonyl (C=O) groups is 2. The summed E-state index contributed by atoms with van der Waals surface area (Å²) in [6.07, 6.45) is 13.0. The molecule has 4 N–H and O–H groups in total. The zero-order chi connectivity index (χ0) is 29.0. The Labute approximate surface area is 239 Å². The van der Waals surface area contributed by atoms with Crippen LogP contribution in [0.25, 0.3) is 0 Å². The van der Waals surface area contributed by atoms with E-state index in [1.165, 1.54) is 0 Å². The van der Waals surface area contributed by atoms with E-state index in [1.54, 1.807) is 6.08 Å². The van der Waals surface area contributed by atoms with Gasteiger partial charge >= 0.3 is 0 Å². The van der Waals surface area contributed by atoms with Crippen LogP contribution in [0.2, 0.25) is 0 Å². The van der Waals surface area contributed by atoms with Crippen molar-refractivity contribution in [3.8, 4) is 0 Å². The van der Waals surface area contributed by atoms with Gasteiger partial charge in [0, 0.05) is 25.3 Å². The van der Waals surface area contributed by atoms with Crippen molar-refractivity contribution in [3.63, 3.8) is 0 Å². The SMILES string of the molecule is CC(/C=C/[C@H]1O[C@H](CC(=O)CC2CC(N)C2)C[C@@]2(CO2)[C@@H]1O)=C\C[C@@H]1O[C@H](C)[C@H](NC(=O)/C=C\C(C)C)C[C@@H]1C. The third-order valence-electron chi connectivity index (χ3n) is 8.93. The van der Waals surface area contributed by atoms with Gasteiger partial charge in [-0.2, -0.15) is 0 Å². The maximum Gasteiger partial charge on any atom is 0.243 e. The van der Waals surface area contributed by atoms with Crippen LogP contribution in [0.3, 0.4) is 0 Å². The molecule has 1 spiro atoms. The number of nitrogens with two attached hydrogens (primary N) is 1. The maximum atomic E-state index is 12.6. The molecule has 3 aliphatic heterocycles. The molecule has 1 saturated carbocycles. The van der Waals surface area contributed by atoms with E-state index in [0.717, 1.165) is 31.3 Å². The monoisotopic (exact) mass is 558 g/mol. The van der Waals surface area contributed by atoms with Crippen molar-refractivity contribution in [2.24, 2.45) is 23.5 Å². The summed E-state index contributed by atoms with van der Waals surface area (Å²) in [5.74, 6) is 1.18. The van der Waals surface area contributed by atoms with E-state index in [2.05, 4.69) is 18.3 Å². The Morgan fingerprint density at radius 1 is 1.12 bits per heavy atom. The van der Waals surface area contributed by atoms with Crippen molar-refractivity contribution in [1.29, 1.82) is 0 Å². The van der Waals surface area contributed by atoms with Crippen molar-refractivity contribution in [3.05, 3.63) is 36.0 Å². The molecular weight excluding hydrogens is 508 g/mol. The van der Waals surface area contributed by atoms with E-state index in [4.69, 9.17) is 19.9 Å². The predicted molar refractivity (Wildman–Crippen MR) is 154 cm³/mol. The molecule has 224 valence electrons. The fraction of sp³-hybridized carbons (Fsp3) is 0.750. The summed E-state index contributed by atoms with van der Waals surface area (Å²) in [5.41, 5.74) is 6.33. The van der Waals surface area contributed by atoms with Gasteiger partial charge in [0.25, 0.3) is 0 Å². The Morgan fingerprint density at radius 2 is 1.85 bits per heavy atom. The Hall–Kier alpha value is -1.84. The van der Waals surface area contributed by atoms with Crippen LogP contribution in [0.1, 0.15) is 79.6 Å².